The van der Waals surface area contributed by atoms with Gasteiger partial charge in [-0.15, -0.1) is 0 Å². The summed E-state index contributed by atoms with van der Waals surface area (Å²) in [4.78, 5) is 21.9. The number of pyridine rings is 1. The van der Waals surface area contributed by atoms with Crippen LogP contribution in [0.1, 0.15) is 36.0 Å². The average Bonchev–Trinajstić information content (AvgIpc) is 3.44. The van der Waals surface area contributed by atoms with E-state index < -0.39 is 0 Å². The van der Waals surface area contributed by atoms with Gasteiger partial charge in [0.1, 0.15) is 5.15 Å². The maximum Gasteiger partial charge on any atom is 0.253 e. The van der Waals surface area contributed by atoms with Crippen molar-refractivity contribution in [2.24, 2.45) is 0 Å². The lowest BCUT2D eigenvalue weighted by molar-refractivity contribution is 0.0644. The number of piperidine rings is 1. The van der Waals surface area contributed by atoms with E-state index in [0.717, 1.165) is 48.1 Å². The normalized spacial score (nSPS) is 18.6. The van der Waals surface area contributed by atoms with Crippen LogP contribution < -0.4 is 0 Å². The highest BCUT2D eigenvalue weighted by atomic mass is 35.5. The first-order chi connectivity index (χ1) is 14.2. The van der Waals surface area contributed by atoms with Crippen LogP contribution in [0.2, 0.25) is 5.15 Å². The lowest BCUT2D eigenvalue weighted by atomic mass is 10.0. The third kappa shape index (κ3) is 3.65. The van der Waals surface area contributed by atoms with Gasteiger partial charge in [0.05, 0.1) is 17.4 Å². The molecular formula is C23H25ClN4O. The third-order valence-electron chi connectivity index (χ3n) is 6.34. The summed E-state index contributed by atoms with van der Waals surface area (Å²) < 4.78 is 2.06. The Labute approximate surface area is 175 Å². The summed E-state index contributed by atoms with van der Waals surface area (Å²) in [5.74, 6) is 0.146. The van der Waals surface area contributed by atoms with E-state index in [0.29, 0.717) is 11.2 Å². The van der Waals surface area contributed by atoms with Gasteiger partial charge in [-0.25, -0.2) is 4.98 Å². The van der Waals surface area contributed by atoms with Crippen LogP contribution in [0.15, 0.2) is 48.8 Å². The van der Waals surface area contributed by atoms with E-state index in [1.54, 1.807) is 12.3 Å². The summed E-state index contributed by atoms with van der Waals surface area (Å²) >= 11 is 5.90. The molecule has 1 aromatic carbocycles. The number of hydrogen-bond acceptors (Lipinski definition) is 3. The van der Waals surface area contributed by atoms with Crippen LogP contribution in [-0.4, -0.2) is 57.5 Å². The quantitative estimate of drug-likeness (QED) is 0.604. The Morgan fingerprint density at radius 1 is 1.00 bits per heavy atom. The molecule has 0 spiro atoms. The van der Waals surface area contributed by atoms with Gasteiger partial charge in [-0.05, 0) is 75.2 Å². The first-order valence-corrected chi connectivity index (χ1v) is 10.8. The zero-order chi connectivity index (χ0) is 19.8. The zero-order valence-electron chi connectivity index (χ0n) is 16.4. The molecule has 29 heavy (non-hydrogen) atoms. The number of hydrogen-bond donors (Lipinski definition) is 0. The highest BCUT2D eigenvalue weighted by molar-refractivity contribution is 6.29. The molecule has 0 N–H and O–H groups in total. The fourth-order valence-electron chi connectivity index (χ4n) is 4.73. The average molecular weight is 409 g/mol. The van der Waals surface area contributed by atoms with Crippen LogP contribution in [0.4, 0.5) is 0 Å². The maximum atomic E-state index is 13.1. The number of rotatable bonds is 3. The fourth-order valence-corrected chi connectivity index (χ4v) is 4.85. The Morgan fingerprint density at radius 3 is 2.52 bits per heavy atom. The van der Waals surface area contributed by atoms with E-state index in [1.807, 2.05) is 41.4 Å². The lowest BCUT2D eigenvalue weighted by Crippen LogP contribution is -2.45. The summed E-state index contributed by atoms with van der Waals surface area (Å²) in [5, 5.41) is 1.53. The second-order valence-electron chi connectivity index (χ2n) is 8.06. The van der Waals surface area contributed by atoms with Crippen LogP contribution in [-0.2, 0) is 0 Å². The predicted octanol–water partition coefficient (Wildman–Crippen LogP) is 4.38. The Morgan fingerprint density at radius 2 is 1.79 bits per heavy atom. The number of likely N-dealkylation sites (tertiary alicyclic amines) is 2. The number of aromatic nitrogens is 2. The molecule has 0 bridgehead atoms. The number of halogens is 1. The molecule has 4 heterocycles. The molecule has 2 aliphatic rings. The van der Waals surface area contributed by atoms with Gasteiger partial charge < -0.3 is 14.4 Å². The van der Waals surface area contributed by atoms with Gasteiger partial charge in [-0.3, -0.25) is 4.79 Å². The van der Waals surface area contributed by atoms with E-state index in [2.05, 4.69) is 14.5 Å². The van der Waals surface area contributed by atoms with Crippen molar-refractivity contribution in [2.45, 2.75) is 31.7 Å². The minimum absolute atomic E-state index is 0.146. The molecular weight excluding hydrogens is 384 g/mol. The van der Waals surface area contributed by atoms with Crippen molar-refractivity contribution >= 4 is 28.4 Å². The van der Waals surface area contributed by atoms with Gasteiger partial charge in [0.25, 0.3) is 5.91 Å². The van der Waals surface area contributed by atoms with Crippen molar-refractivity contribution in [2.75, 3.05) is 26.2 Å². The molecule has 0 aliphatic carbocycles. The van der Waals surface area contributed by atoms with Crippen molar-refractivity contribution in [1.82, 2.24) is 19.4 Å². The molecule has 2 aliphatic heterocycles. The predicted molar refractivity (Wildman–Crippen MR) is 116 cm³/mol. The van der Waals surface area contributed by atoms with Crippen LogP contribution in [0.25, 0.3) is 16.6 Å². The summed E-state index contributed by atoms with van der Waals surface area (Å²) in [7, 11) is 0. The molecule has 2 saturated heterocycles. The van der Waals surface area contributed by atoms with Crippen molar-refractivity contribution < 1.29 is 4.79 Å². The molecule has 0 radical (unpaired) electrons. The number of nitrogens with zero attached hydrogens (tertiary/aromatic N) is 4. The molecule has 3 aromatic rings. The van der Waals surface area contributed by atoms with Gasteiger partial charge in [0, 0.05) is 36.3 Å². The van der Waals surface area contributed by atoms with E-state index in [-0.39, 0.29) is 5.91 Å². The maximum absolute atomic E-state index is 13.1. The molecule has 6 heteroatoms. The molecule has 2 fully saturated rings. The summed E-state index contributed by atoms with van der Waals surface area (Å²) in [6, 6.07) is 12.4. The van der Waals surface area contributed by atoms with Crippen LogP contribution >= 0.6 is 11.6 Å². The lowest BCUT2D eigenvalue weighted by Gasteiger charge is -2.36. The van der Waals surface area contributed by atoms with Gasteiger partial charge >= 0.3 is 0 Å². The summed E-state index contributed by atoms with van der Waals surface area (Å²) in [5.41, 5.74) is 2.77. The Kier molecular flexibility index (Phi) is 5.02. The minimum Gasteiger partial charge on any atom is -0.339 e. The van der Waals surface area contributed by atoms with Gasteiger partial charge in [0.2, 0.25) is 0 Å². The van der Waals surface area contributed by atoms with Crippen LogP contribution in [0, 0.1) is 0 Å². The summed E-state index contributed by atoms with van der Waals surface area (Å²) in [6.45, 7) is 4.18. The molecule has 2 aromatic heterocycles. The van der Waals surface area contributed by atoms with Crippen molar-refractivity contribution in [3.05, 3.63) is 59.5 Å². The van der Waals surface area contributed by atoms with Crippen LogP contribution in [0.5, 0.6) is 0 Å². The topological polar surface area (TPSA) is 41.4 Å². The van der Waals surface area contributed by atoms with Gasteiger partial charge in [-0.1, -0.05) is 11.6 Å². The Hall–Kier alpha value is -2.37. The number of amides is 1. The largest absolute Gasteiger partial charge is 0.339 e. The molecule has 0 unspecified atom stereocenters. The number of carbonyl (C=O) groups excluding carboxylic acids is 1. The highest BCUT2D eigenvalue weighted by Gasteiger charge is 2.28. The Bertz CT molecular complexity index is 1020. The molecule has 150 valence electrons. The van der Waals surface area contributed by atoms with Crippen LogP contribution in [0.3, 0.4) is 0 Å². The number of benzene rings is 1. The second kappa shape index (κ2) is 7.81. The zero-order valence-corrected chi connectivity index (χ0v) is 17.2. The molecule has 1 amide bonds. The smallest absolute Gasteiger partial charge is 0.253 e. The number of carbonyl (C=O) groups is 1. The molecule has 5 rings (SSSR count). The van der Waals surface area contributed by atoms with E-state index in [9.17, 15) is 4.79 Å². The number of fused-ring (bicyclic) bond motifs is 1. The second-order valence-corrected chi connectivity index (χ2v) is 8.45. The summed E-state index contributed by atoms with van der Waals surface area (Å²) in [6.07, 6.45) is 8.59. The van der Waals surface area contributed by atoms with Gasteiger partial charge in [0.15, 0.2) is 0 Å². The monoisotopic (exact) mass is 408 g/mol. The van der Waals surface area contributed by atoms with Crippen molar-refractivity contribution in [3.8, 4) is 5.69 Å². The first-order valence-electron chi connectivity index (χ1n) is 10.5. The minimum atomic E-state index is 0.146. The van der Waals surface area contributed by atoms with E-state index in [1.165, 1.54) is 25.9 Å². The Balaban J connectivity index is 1.32. The molecule has 0 atom stereocenters. The standard InChI is InChI=1S/C23H25ClN4O/c24-22-6-4-20(16-25-22)28-14-7-17-15-18(3-5-21(17)28)23(29)27-12-8-19(9-13-27)26-10-1-2-11-26/h3-7,14-16,19H,1-2,8-13H2. The van der Waals surface area contributed by atoms with Crippen molar-refractivity contribution in [1.29, 1.82) is 0 Å². The molecule has 5 nitrogen and oxygen atoms in total. The van der Waals surface area contributed by atoms with E-state index >= 15 is 0 Å². The molecule has 0 saturated carbocycles. The fraction of sp³-hybridized carbons (Fsp3) is 0.391. The van der Waals surface area contributed by atoms with Crippen molar-refractivity contribution in [3.63, 3.8) is 0 Å². The third-order valence-corrected chi connectivity index (χ3v) is 6.56. The van der Waals surface area contributed by atoms with E-state index in [4.69, 9.17) is 11.6 Å². The highest BCUT2D eigenvalue weighted by Crippen LogP contribution is 2.25. The SMILES string of the molecule is O=C(c1ccc2c(ccn2-c2ccc(Cl)nc2)c1)N1CCC(N2CCCC2)CC1. The van der Waals surface area contributed by atoms with Gasteiger partial charge in [-0.2, -0.15) is 0 Å². The first kappa shape index (κ1) is 18.6.